The number of nitrogens with one attached hydrogen (secondary N) is 2. The third-order valence-corrected chi connectivity index (χ3v) is 4.69. The molecule has 3 heterocycles. The second kappa shape index (κ2) is 6.54. The molecule has 0 aromatic carbocycles. The molecule has 0 saturated heterocycles. The van der Waals surface area contributed by atoms with E-state index >= 15 is 0 Å². The highest BCUT2D eigenvalue weighted by molar-refractivity contribution is 5.93. The Balaban J connectivity index is 1.83. The SMILES string of the molecule is N#Cc1ccc2c(-c3nc(NC4CCCC4)ncc3C(F)(F)F)c[nH]c2n1. The highest BCUT2D eigenvalue weighted by Gasteiger charge is 2.36. The summed E-state index contributed by atoms with van der Waals surface area (Å²) in [6, 6.07) is 5.12. The molecule has 0 atom stereocenters. The van der Waals surface area contributed by atoms with Gasteiger partial charge in [0.15, 0.2) is 0 Å². The molecule has 27 heavy (non-hydrogen) atoms. The Morgan fingerprint density at radius 3 is 2.67 bits per heavy atom. The molecular weight excluding hydrogens is 357 g/mol. The van der Waals surface area contributed by atoms with Gasteiger partial charge in [0.1, 0.15) is 23.0 Å². The Morgan fingerprint density at radius 1 is 1.19 bits per heavy atom. The monoisotopic (exact) mass is 372 g/mol. The first kappa shape index (κ1) is 17.3. The summed E-state index contributed by atoms with van der Waals surface area (Å²) >= 11 is 0. The summed E-state index contributed by atoms with van der Waals surface area (Å²) in [6.45, 7) is 0. The lowest BCUT2D eigenvalue weighted by Crippen LogP contribution is -2.18. The summed E-state index contributed by atoms with van der Waals surface area (Å²) in [5.74, 6) is 0.181. The van der Waals surface area contributed by atoms with Crippen LogP contribution in [-0.2, 0) is 6.18 Å². The third kappa shape index (κ3) is 3.30. The maximum Gasteiger partial charge on any atom is 0.419 e. The lowest BCUT2D eigenvalue weighted by atomic mass is 10.1. The van der Waals surface area contributed by atoms with Crippen LogP contribution in [0.1, 0.15) is 36.9 Å². The van der Waals surface area contributed by atoms with E-state index in [9.17, 15) is 13.2 Å². The molecule has 0 spiro atoms. The molecule has 1 aliphatic rings. The van der Waals surface area contributed by atoms with E-state index in [1.807, 2.05) is 6.07 Å². The van der Waals surface area contributed by atoms with Crippen molar-refractivity contribution in [2.75, 3.05) is 5.32 Å². The second-order valence-corrected chi connectivity index (χ2v) is 6.49. The van der Waals surface area contributed by atoms with Gasteiger partial charge in [-0.2, -0.15) is 18.4 Å². The number of aromatic nitrogens is 4. The van der Waals surface area contributed by atoms with Crippen LogP contribution in [0.5, 0.6) is 0 Å². The van der Waals surface area contributed by atoms with Crippen LogP contribution >= 0.6 is 0 Å². The molecule has 1 saturated carbocycles. The molecule has 3 aromatic heterocycles. The number of halogens is 3. The van der Waals surface area contributed by atoms with Crippen molar-refractivity contribution in [2.45, 2.75) is 37.9 Å². The highest BCUT2D eigenvalue weighted by atomic mass is 19.4. The van der Waals surface area contributed by atoms with Gasteiger partial charge in [0.25, 0.3) is 0 Å². The Bertz CT molecular complexity index is 1030. The van der Waals surface area contributed by atoms with Crippen LogP contribution in [0.25, 0.3) is 22.3 Å². The normalized spacial score (nSPS) is 15.2. The first-order chi connectivity index (χ1) is 13.0. The standard InChI is InChI=1S/C18H15F3N6/c19-18(20,21)14-9-24-17(26-10-3-1-2-4-10)27-15(14)13-8-23-16-12(13)6-5-11(7-22)25-16/h5-6,8-10H,1-4H2,(H,23,25)(H,24,26,27). The van der Waals surface area contributed by atoms with E-state index in [-0.39, 0.29) is 28.9 Å². The van der Waals surface area contributed by atoms with Crippen molar-refractivity contribution >= 4 is 17.0 Å². The Kier molecular flexibility index (Phi) is 4.18. The van der Waals surface area contributed by atoms with Gasteiger partial charge in [-0.15, -0.1) is 0 Å². The predicted molar refractivity (Wildman–Crippen MR) is 92.7 cm³/mol. The van der Waals surface area contributed by atoms with Crippen LogP contribution in [0.3, 0.4) is 0 Å². The van der Waals surface area contributed by atoms with Gasteiger partial charge in [0.2, 0.25) is 5.95 Å². The average Bonchev–Trinajstić information content (AvgIpc) is 3.29. The molecule has 6 nitrogen and oxygen atoms in total. The van der Waals surface area contributed by atoms with Gasteiger partial charge < -0.3 is 10.3 Å². The largest absolute Gasteiger partial charge is 0.419 e. The number of nitriles is 1. The van der Waals surface area contributed by atoms with Crippen molar-refractivity contribution in [3.63, 3.8) is 0 Å². The predicted octanol–water partition coefficient (Wildman–Crippen LogP) is 4.26. The summed E-state index contributed by atoms with van der Waals surface area (Å²) < 4.78 is 40.6. The minimum atomic E-state index is -4.59. The van der Waals surface area contributed by atoms with Gasteiger partial charge in [0, 0.05) is 29.4 Å². The summed E-state index contributed by atoms with van der Waals surface area (Å²) in [5, 5.41) is 12.5. The molecule has 0 bridgehead atoms. The van der Waals surface area contributed by atoms with Gasteiger partial charge in [-0.1, -0.05) is 12.8 Å². The zero-order valence-corrected chi connectivity index (χ0v) is 14.1. The zero-order valence-electron chi connectivity index (χ0n) is 14.1. The van der Waals surface area contributed by atoms with E-state index in [0.717, 1.165) is 31.9 Å². The lowest BCUT2D eigenvalue weighted by Gasteiger charge is -2.15. The average molecular weight is 372 g/mol. The van der Waals surface area contributed by atoms with Gasteiger partial charge >= 0.3 is 6.18 Å². The molecule has 0 aliphatic heterocycles. The number of hydrogen-bond acceptors (Lipinski definition) is 5. The number of aromatic amines is 1. The highest BCUT2D eigenvalue weighted by Crippen LogP contribution is 2.38. The Labute approximate surface area is 152 Å². The third-order valence-electron chi connectivity index (χ3n) is 4.69. The lowest BCUT2D eigenvalue weighted by molar-refractivity contribution is -0.137. The molecule has 3 aromatic rings. The molecule has 0 unspecified atom stereocenters. The second-order valence-electron chi connectivity index (χ2n) is 6.49. The van der Waals surface area contributed by atoms with Gasteiger partial charge in [-0.3, -0.25) is 0 Å². The number of pyridine rings is 1. The van der Waals surface area contributed by atoms with E-state index in [0.29, 0.717) is 11.0 Å². The molecule has 4 rings (SSSR count). The van der Waals surface area contributed by atoms with Crippen molar-refractivity contribution in [1.82, 2.24) is 19.9 Å². The maximum atomic E-state index is 13.5. The molecule has 1 aliphatic carbocycles. The molecule has 2 N–H and O–H groups in total. The number of anilines is 1. The van der Waals surface area contributed by atoms with Crippen LogP contribution in [0.2, 0.25) is 0 Å². The van der Waals surface area contributed by atoms with Gasteiger partial charge in [0.05, 0.1) is 5.69 Å². The molecule has 0 radical (unpaired) electrons. The van der Waals surface area contributed by atoms with Crippen LogP contribution in [0, 0.1) is 11.3 Å². The summed E-state index contributed by atoms with van der Waals surface area (Å²) in [5.41, 5.74) is -0.342. The van der Waals surface area contributed by atoms with E-state index in [2.05, 4.69) is 25.3 Å². The number of fused-ring (bicyclic) bond motifs is 1. The maximum absolute atomic E-state index is 13.5. The molecule has 138 valence electrons. The van der Waals surface area contributed by atoms with Crippen molar-refractivity contribution in [1.29, 1.82) is 5.26 Å². The molecular formula is C18H15F3N6. The van der Waals surface area contributed by atoms with Gasteiger partial charge in [-0.25, -0.2) is 15.0 Å². The molecule has 9 heteroatoms. The van der Waals surface area contributed by atoms with Crippen LogP contribution in [0.4, 0.5) is 19.1 Å². The Hall–Kier alpha value is -3.15. The van der Waals surface area contributed by atoms with Crippen molar-refractivity contribution in [3.8, 4) is 17.3 Å². The van der Waals surface area contributed by atoms with Crippen molar-refractivity contribution in [2.24, 2.45) is 0 Å². The van der Waals surface area contributed by atoms with E-state index in [1.54, 1.807) is 6.07 Å². The first-order valence-electron chi connectivity index (χ1n) is 8.55. The van der Waals surface area contributed by atoms with Gasteiger partial charge in [-0.05, 0) is 25.0 Å². The zero-order chi connectivity index (χ0) is 19.0. The number of nitrogens with zero attached hydrogens (tertiary/aromatic N) is 4. The topological polar surface area (TPSA) is 90.3 Å². The molecule has 1 fully saturated rings. The summed E-state index contributed by atoms with van der Waals surface area (Å²) in [7, 11) is 0. The fourth-order valence-corrected chi connectivity index (χ4v) is 3.38. The van der Waals surface area contributed by atoms with Crippen LogP contribution in [0.15, 0.2) is 24.5 Å². The molecule has 0 amide bonds. The Morgan fingerprint density at radius 2 is 1.96 bits per heavy atom. The first-order valence-corrected chi connectivity index (χ1v) is 8.55. The smallest absolute Gasteiger partial charge is 0.351 e. The van der Waals surface area contributed by atoms with E-state index in [1.165, 1.54) is 12.3 Å². The number of hydrogen-bond donors (Lipinski definition) is 2. The fraction of sp³-hybridized carbons (Fsp3) is 0.333. The number of rotatable bonds is 3. The summed E-state index contributed by atoms with van der Waals surface area (Å²) in [4.78, 5) is 15.0. The fourth-order valence-electron chi connectivity index (χ4n) is 3.38. The van der Waals surface area contributed by atoms with Crippen molar-refractivity contribution < 1.29 is 13.2 Å². The minimum absolute atomic E-state index is 0.178. The number of alkyl halides is 3. The summed E-state index contributed by atoms with van der Waals surface area (Å²) in [6.07, 6.45) is 1.72. The number of H-pyrrole nitrogens is 1. The van der Waals surface area contributed by atoms with Crippen molar-refractivity contribution in [3.05, 3.63) is 35.8 Å². The minimum Gasteiger partial charge on any atom is -0.351 e. The van der Waals surface area contributed by atoms with E-state index in [4.69, 9.17) is 5.26 Å². The van der Waals surface area contributed by atoms with Crippen LogP contribution in [-0.4, -0.2) is 26.0 Å². The van der Waals surface area contributed by atoms with Crippen LogP contribution < -0.4 is 5.32 Å². The quantitative estimate of drug-likeness (QED) is 0.717. The van der Waals surface area contributed by atoms with E-state index < -0.39 is 11.7 Å².